The topological polar surface area (TPSA) is 91.8 Å². The minimum Gasteiger partial charge on any atom is -0.392 e. The van der Waals surface area contributed by atoms with E-state index >= 15 is 0 Å². The first kappa shape index (κ1) is 18.4. The van der Waals surface area contributed by atoms with Crippen molar-refractivity contribution in [3.05, 3.63) is 0 Å². The van der Waals surface area contributed by atoms with E-state index < -0.39 is 27.4 Å². The second-order valence-electron chi connectivity index (χ2n) is 9.69. The summed E-state index contributed by atoms with van der Waals surface area (Å²) in [6.07, 6.45) is 1.57. The van der Waals surface area contributed by atoms with E-state index in [0.717, 1.165) is 23.6 Å². The molecule has 3 aliphatic carbocycles. The molecule has 4 rings (SSSR count). The zero-order valence-electron chi connectivity index (χ0n) is 16.0. The predicted molar refractivity (Wildman–Crippen MR) is 95.5 cm³/mol. The van der Waals surface area contributed by atoms with Gasteiger partial charge in [-0.15, -0.1) is 0 Å². The van der Waals surface area contributed by atoms with E-state index in [1.165, 1.54) is 0 Å². The highest BCUT2D eigenvalue weighted by Gasteiger charge is 2.82. The minimum atomic E-state index is -3.66. The maximum absolute atomic E-state index is 12.9. The number of amides is 1. The highest BCUT2D eigenvalue weighted by Crippen LogP contribution is 2.82. The number of sulfonamides is 1. The lowest BCUT2D eigenvalue weighted by Crippen LogP contribution is -2.66. The molecule has 1 spiro atoms. The van der Waals surface area contributed by atoms with Gasteiger partial charge < -0.3 is 5.11 Å². The summed E-state index contributed by atoms with van der Waals surface area (Å²) >= 11 is 0. The smallest absolute Gasteiger partial charge is 0.238 e. The molecule has 1 heterocycles. The molecule has 1 aliphatic heterocycles. The van der Waals surface area contributed by atoms with Crippen molar-refractivity contribution in [2.45, 2.75) is 71.9 Å². The van der Waals surface area contributed by atoms with Gasteiger partial charge in [-0.2, -0.15) is 0 Å². The average molecular weight is 384 g/mol. The molecule has 1 amide bonds. The summed E-state index contributed by atoms with van der Waals surface area (Å²) in [7, 11) is -3.66. The molecule has 0 radical (unpaired) electrons. The van der Waals surface area contributed by atoms with Gasteiger partial charge in [-0.1, -0.05) is 27.7 Å². The Bertz CT molecular complexity index is 790. The number of hydrogen-bond acceptors (Lipinski definition) is 5. The number of ketones is 1. The van der Waals surface area contributed by atoms with Crippen LogP contribution in [0.5, 0.6) is 0 Å². The number of aliphatic hydroxyl groups is 1. The Morgan fingerprint density at radius 3 is 2.50 bits per heavy atom. The molecule has 7 heteroatoms. The van der Waals surface area contributed by atoms with Crippen LogP contribution in [0.3, 0.4) is 0 Å². The fraction of sp³-hybridized carbons (Fsp3) is 0.895. The summed E-state index contributed by atoms with van der Waals surface area (Å²) in [5, 5.41) is 10.5. The van der Waals surface area contributed by atoms with Crippen LogP contribution < -0.4 is 0 Å². The largest absolute Gasteiger partial charge is 0.392 e. The van der Waals surface area contributed by atoms with Crippen molar-refractivity contribution < 1.29 is 23.1 Å². The van der Waals surface area contributed by atoms with Gasteiger partial charge in [0.05, 0.1) is 24.3 Å². The van der Waals surface area contributed by atoms with Gasteiger partial charge in [0.2, 0.25) is 15.9 Å². The van der Waals surface area contributed by atoms with Gasteiger partial charge in [0, 0.05) is 17.3 Å². The third kappa shape index (κ3) is 1.89. The maximum atomic E-state index is 12.9. The van der Waals surface area contributed by atoms with Crippen LogP contribution in [-0.2, 0) is 19.6 Å². The summed E-state index contributed by atoms with van der Waals surface area (Å²) in [6, 6.07) is -0.258. The van der Waals surface area contributed by atoms with E-state index in [9.17, 15) is 23.1 Å². The first-order chi connectivity index (χ1) is 11.9. The zero-order valence-corrected chi connectivity index (χ0v) is 16.8. The Hall–Kier alpha value is -0.950. The quantitative estimate of drug-likeness (QED) is 0.780. The van der Waals surface area contributed by atoms with E-state index in [1.54, 1.807) is 20.8 Å². The van der Waals surface area contributed by atoms with Crippen LogP contribution in [-0.4, -0.2) is 47.4 Å². The summed E-state index contributed by atoms with van der Waals surface area (Å²) in [5.41, 5.74) is -1.28. The molecule has 6 nitrogen and oxygen atoms in total. The number of nitrogens with zero attached hydrogens (tertiary/aromatic N) is 1. The molecule has 6 atom stereocenters. The lowest BCUT2D eigenvalue weighted by molar-refractivity contribution is -0.203. The van der Waals surface area contributed by atoms with Gasteiger partial charge in [-0.05, 0) is 36.5 Å². The molecule has 0 aromatic carbocycles. The van der Waals surface area contributed by atoms with Crippen LogP contribution in [0.1, 0.15) is 59.8 Å². The van der Waals surface area contributed by atoms with Crippen molar-refractivity contribution in [3.8, 4) is 0 Å². The fourth-order valence-corrected chi connectivity index (χ4v) is 9.15. The third-order valence-corrected chi connectivity index (χ3v) is 10.5. The predicted octanol–water partition coefficient (Wildman–Crippen LogP) is 1.72. The highest BCUT2D eigenvalue weighted by atomic mass is 32.2. The van der Waals surface area contributed by atoms with Gasteiger partial charge in [-0.25, -0.2) is 12.7 Å². The number of rotatable bonds is 5. The SMILES string of the molecule is CCC(=O)C(C)(C)[C@@H](O)CC(=O)N1[C@H]2C[C@@H]3CC4C[C@@]2(CS1(=O)=O)C43C. The zero-order chi connectivity index (χ0) is 19.3. The van der Waals surface area contributed by atoms with Crippen LogP contribution in [0.2, 0.25) is 0 Å². The van der Waals surface area contributed by atoms with Gasteiger partial charge in [-0.3, -0.25) is 9.59 Å². The number of carbonyl (C=O) groups is 2. The summed E-state index contributed by atoms with van der Waals surface area (Å²) in [4.78, 5) is 25.0. The first-order valence-electron chi connectivity index (χ1n) is 9.68. The molecule has 1 saturated heterocycles. The van der Waals surface area contributed by atoms with Crippen molar-refractivity contribution in [1.29, 1.82) is 0 Å². The summed E-state index contributed by atoms with van der Waals surface area (Å²) in [5.74, 6) is 0.499. The van der Waals surface area contributed by atoms with Crippen LogP contribution >= 0.6 is 0 Å². The van der Waals surface area contributed by atoms with E-state index in [-0.39, 0.29) is 41.2 Å². The molecule has 1 N–H and O–H groups in total. The molecule has 0 aromatic heterocycles. The monoisotopic (exact) mass is 383 g/mol. The molecular formula is C19H29NO5S. The third-order valence-electron chi connectivity index (χ3n) is 8.60. The molecule has 0 aromatic rings. The normalized spacial score (nSPS) is 43.1. The van der Waals surface area contributed by atoms with Gasteiger partial charge in [0.15, 0.2) is 0 Å². The highest BCUT2D eigenvalue weighted by molar-refractivity contribution is 7.90. The van der Waals surface area contributed by atoms with E-state index in [2.05, 4.69) is 6.92 Å². The van der Waals surface area contributed by atoms with E-state index in [4.69, 9.17) is 0 Å². The molecule has 4 aliphatic rings. The number of aliphatic hydroxyl groups excluding tert-OH is 1. The summed E-state index contributed by atoms with van der Waals surface area (Å²) < 4.78 is 26.8. The Balaban J connectivity index is 1.58. The fourth-order valence-electron chi connectivity index (χ4n) is 6.67. The van der Waals surface area contributed by atoms with Crippen LogP contribution in [0.4, 0.5) is 0 Å². The van der Waals surface area contributed by atoms with Crippen molar-refractivity contribution in [3.63, 3.8) is 0 Å². The second kappa shape index (κ2) is 5.10. The second-order valence-corrected chi connectivity index (χ2v) is 11.5. The molecular weight excluding hydrogens is 354 g/mol. The van der Waals surface area contributed by atoms with Crippen molar-refractivity contribution in [1.82, 2.24) is 4.31 Å². The lowest BCUT2D eigenvalue weighted by atomic mass is 9.35. The molecule has 0 bridgehead atoms. The van der Waals surface area contributed by atoms with Crippen molar-refractivity contribution >= 4 is 21.7 Å². The maximum Gasteiger partial charge on any atom is 0.238 e. The number of Topliss-reactive ketones (excluding diaryl/α,β-unsaturated/α-hetero) is 1. The molecule has 2 unspecified atom stereocenters. The molecule has 26 heavy (non-hydrogen) atoms. The standard InChI is InChI=1S/C19H29NO5S/c1-5-14(21)17(2,3)15(22)8-16(23)20-13-7-11-6-12-9-19(13,18(11,12)4)10-26(20,24)25/h11-13,15,22H,5-10H2,1-4H3/t11-,12?,13-,15-,18?,19-/m0/s1. The minimum absolute atomic E-state index is 0.0628. The van der Waals surface area contributed by atoms with Crippen LogP contribution in [0.25, 0.3) is 0 Å². The Kier molecular flexibility index (Phi) is 3.61. The lowest BCUT2D eigenvalue weighted by Gasteiger charge is -2.68. The molecule has 146 valence electrons. The molecule has 4 fully saturated rings. The first-order valence-corrected chi connectivity index (χ1v) is 11.3. The summed E-state index contributed by atoms with van der Waals surface area (Å²) in [6.45, 7) is 7.15. The van der Waals surface area contributed by atoms with E-state index in [0.29, 0.717) is 11.8 Å². The Morgan fingerprint density at radius 2 is 1.92 bits per heavy atom. The van der Waals surface area contributed by atoms with Gasteiger partial charge in [0.1, 0.15) is 5.78 Å². The number of hydrogen-bond donors (Lipinski definition) is 1. The van der Waals surface area contributed by atoms with Crippen LogP contribution in [0, 0.1) is 28.1 Å². The molecule has 3 saturated carbocycles. The van der Waals surface area contributed by atoms with Gasteiger partial charge in [0.25, 0.3) is 0 Å². The van der Waals surface area contributed by atoms with Gasteiger partial charge >= 0.3 is 0 Å². The Labute approximate surface area is 155 Å². The number of carbonyl (C=O) groups excluding carboxylic acids is 2. The van der Waals surface area contributed by atoms with E-state index in [1.807, 2.05) is 0 Å². The van der Waals surface area contributed by atoms with Crippen LogP contribution in [0.15, 0.2) is 0 Å². The Morgan fingerprint density at radius 1 is 1.27 bits per heavy atom. The van der Waals surface area contributed by atoms with Crippen molar-refractivity contribution in [2.24, 2.45) is 28.1 Å². The van der Waals surface area contributed by atoms with Crippen molar-refractivity contribution in [2.75, 3.05) is 5.75 Å². The average Bonchev–Trinajstić information content (AvgIpc) is 2.74.